The molecule has 3 nitrogen and oxygen atoms in total. The van der Waals surface area contributed by atoms with Crippen LogP contribution in [-0.4, -0.2) is 36.3 Å². The largest absolute Gasteiger partial charge is 0.389 e. The van der Waals surface area contributed by atoms with Crippen molar-refractivity contribution >= 4 is 17.3 Å². The summed E-state index contributed by atoms with van der Waals surface area (Å²) >= 11 is 5.51. The van der Waals surface area contributed by atoms with Crippen LogP contribution in [0.3, 0.4) is 0 Å². The molecule has 0 saturated carbocycles. The standard InChI is InChI=1S/C11H16ClNO2/c1-13(2)9-6-4-3-5-8(9)11(15)10(14)7-12/h3-6,10-11,14-15H,7H2,1-2H3. The summed E-state index contributed by atoms with van der Waals surface area (Å²) in [5, 5.41) is 19.3. The Bertz CT molecular complexity index is 317. The molecule has 0 spiro atoms. The highest BCUT2D eigenvalue weighted by Gasteiger charge is 2.20. The Morgan fingerprint density at radius 3 is 2.40 bits per heavy atom. The van der Waals surface area contributed by atoms with Crippen molar-refractivity contribution in [3.63, 3.8) is 0 Å². The molecule has 2 atom stereocenters. The van der Waals surface area contributed by atoms with E-state index < -0.39 is 12.2 Å². The Morgan fingerprint density at radius 2 is 1.87 bits per heavy atom. The first-order chi connectivity index (χ1) is 7.07. The molecule has 0 aliphatic carbocycles. The number of hydrogen-bond donors (Lipinski definition) is 2. The lowest BCUT2D eigenvalue weighted by molar-refractivity contribution is 0.0330. The van der Waals surface area contributed by atoms with Crippen LogP contribution < -0.4 is 4.90 Å². The zero-order chi connectivity index (χ0) is 11.4. The first kappa shape index (κ1) is 12.3. The summed E-state index contributed by atoms with van der Waals surface area (Å²) in [6.07, 6.45) is -1.88. The van der Waals surface area contributed by atoms with Crippen molar-refractivity contribution in [1.29, 1.82) is 0 Å². The molecule has 1 aromatic carbocycles. The average Bonchev–Trinajstić information content (AvgIpc) is 2.27. The monoisotopic (exact) mass is 229 g/mol. The fraction of sp³-hybridized carbons (Fsp3) is 0.455. The quantitative estimate of drug-likeness (QED) is 0.767. The number of aliphatic hydroxyl groups excluding tert-OH is 2. The number of anilines is 1. The number of rotatable bonds is 4. The predicted molar refractivity (Wildman–Crippen MR) is 62.5 cm³/mol. The number of halogens is 1. The minimum absolute atomic E-state index is 0.0168. The minimum atomic E-state index is -0.943. The Kier molecular flexibility index (Phi) is 4.39. The molecular formula is C11H16ClNO2. The second-order valence-corrected chi connectivity index (χ2v) is 3.93. The van der Waals surface area contributed by atoms with Crippen molar-refractivity contribution in [2.45, 2.75) is 12.2 Å². The van der Waals surface area contributed by atoms with E-state index in [-0.39, 0.29) is 5.88 Å². The van der Waals surface area contributed by atoms with Gasteiger partial charge >= 0.3 is 0 Å². The number of benzene rings is 1. The van der Waals surface area contributed by atoms with E-state index in [1.165, 1.54) is 0 Å². The number of para-hydroxylation sites is 1. The smallest absolute Gasteiger partial charge is 0.108 e. The van der Waals surface area contributed by atoms with Gasteiger partial charge in [-0.05, 0) is 6.07 Å². The summed E-state index contributed by atoms with van der Waals surface area (Å²) < 4.78 is 0. The molecule has 1 rings (SSSR count). The molecule has 4 heteroatoms. The van der Waals surface area contributed by atoms with Crippen LogP contribution >= 0.6 is 11.6 Å². The topological polar surface area (TPSA) is 43.7 Å². The molecule has 0 aliphatic rings. The first-order valence-corrected chi connectivity index (χ1v) is 5.29. The maximum atomic E-state index is 9.86. The van der Waals surface area contributed by atoms with E-state index in [4.69, 9.17) is 11.6 Å². The van der Waals surface area contributed by atoms with Crippen LogP contribution in [-0.2, 0) is 0 Å². The van der Waals surface area contributed by atoms with Crippen molar-refractivity contribution < 1.29 is 10.2 Å². The van der Waals surface area contributed by atoms with Crippen molar-refractivity contribution in [2.24, 2.45) is 0 Å². The van der Waals surface area contributed by atoms with Gasteiger partial charge in [-0.25, -0.2) is 0 Å². The van der Waals surface area contributed by atoms with Crippen LogP contribution in [0.1, 0.15) is 11.7 Å². The molecule has 2 unspecified atom stereocenters. The number of hydrogen-bond acceptors (Lipinski definition) is 3. The van der Waals surface area contributed by atoms with Gasteiger partial charge in [-0.1, -0.05) is 18.2 Å². The van der Waals surface area contributed by atoms with Gasteiger partial charge in [0.1, 0.15) is 6.10 Å². The summed E-state index contributed by atoms with van der Waals surface area (Å²) in [6.45, 7) is 0. The first-order valence-electron chi connectivity index (χ1n) is 4.76. The summed E-state index contributed by atoms with van der Waals surface area (Å²) in [4.78, 5) is 1.89. The van der Waals surface area contributed by atoms with Gasteiger partial charge in [-0.15, -0.1) is 11.6 Å². The van der Waals surface area contributed by atoms with Crippen molar-refractivity contribution in [2.75, 3.05) is 24.9 Å². The van der Waals surface area contributed by atoms with Crippen LogP contribution in [0.15, 0.2) is 24.3 Å². The van der Waals surface area contributed by atoms with Crippen molar-refractivity contribution in [3.05, 3.63) is 29.8 Å². The lowest BCUT2D eigenvalue weighted by Crippen LogP contribution is -2.22. The van der Waals surface area contributed by atoms with Gasteiger partial charge in [0.2, 0.25) is 0 Å². The molecule has 0 radical (unpaired) electrons. The Hall–Kier alpha value is -0.770. The van der Waals surface area contributed by atoms with Crippen molar-refractivity contribution in [3.8, 4) is 0 Å². The molecule has 0 aromatic heterocycles. The van der Waals surface area contributed by atoms with Crippen LogP contribution in [0.25, 0.3) is 0 Å². The van der Waals surface area contributed by atoms with E-state index in [9.17, 15) is 10.2 Å². The normalized spacial score (nSPS) is 14.7. The van der Waals surface area contributed by atoms with E-state index in [1.807, 2.05) is 37.2 Å². The zero-order valence-corrected chi connectivity index (χ0v) is 9.65. The summed E-state index contributed by atoms with van der Waals surface area (Å²) in [5.74, 6) is 0.0168. The molecule has 0 aliphatic heterocycles. The highest BCUT2D eigenvalue weighted by Crippen LogP contribution is 2.27. The van der Waals surface area contributed by atoms with Gasteiger partial charge in [0, 0.05) is 25.3 Å². The van der Waals surface area contributed by atoms with Crippen LogP contribution in [0, 0.1) is 0 Å². The third-order valence-corrected chi connectivity index (χ3v) is 2.58. The highest BCUT2D eigenvalue weighted by atomic mass is 35.5. The third-order valence-electron chi connectivity index (χ3n) is 2.26. The predicted octanol–water partition coefficient (Wildman–Crippen LogP) is 1.39. The minimum Gasteiger partial charge on any atom is -0.389 e. The molecule has 1 aromatic rings. The van der Waals surface area contributed by atoms with E-state index in [0.29, 0.717) is 5.56 Å². The maximum Gasteiger partial charge on any atom is 0.108 e. The van der Waals surface area contributed by atoms with Crippen molar-refractivity contribution in [1.82, 2.24) is 0 Å². The van der Waals surface area contributed by atoms with E-state index in [1.54, 1.807) is 6.07 Å². The second kappa shape index (κ2) is 5.35. The van der Waals surface area contributed by atoms with Crippen LogP contribution in [0.5, 0.6) is 0 Å². The number of nitrogens with zero attached hydrogens (tertiary/aromatic N) is 1. The molecular weight excluding hydrogens is 214 g/mol. The summed E-state index contributed by atoms with van der Waals surface area (Å²) in [7, 11) is 3.78. The molecule has 0 bridgehead atoms. The average molecular weight is 230 g/mol. The molecule has 0 heterocycles. The third kappa shape index (κ3) is 2.84. The van der Waals surface area contributed by atoms with Gasteiger partial charge in [0.25, 0.3) is 0 Å². The van der Waals surface area contributed by atoms with E-state index in [2.05, 4.69) is 0 Å². The molecule has 0 fully saturated rings. The van der Waals surface area contributed by atoms with Gasteiger partial charge in [-0.3, -0.25) is 0 Å². The molecule has 84 valence electrons. The lowest BCUT2D eigenvalue weighted by atomic mass is 10.0. The van der Waals surface area contributed by atoms with Gasteiger partial charge in [0.05, 0.1) is 12.0 Å². The Labute approximate surface area is 94.9 Å². The lowest BCUT2D eigenvalue weighted by Gasteiger charge is -2.22. The highest BCUT2D eigenvalue weighted by molar-refractivity contribution is 6.18. The van der Waals surface area contributed by atoms with Crippen LogP contribution in [0.2, 0.25) is 0 Å². The SMILES string of the molecule is CN(C)c1ccccc1C(O)C(O)CCl. The van der Waals surface area contributed by atoms with Crippen LogP contribution in [0.4, 0.5) is 5.69 Å². The Balaban J connectivity index is 3.02. The summed E-state index contributed by atoms with van der Waals surface area (Å²) in [5.41, 5.74) is 1.57. The Morgan fingerprint density at radius 1 is 1.27 bits per heavy atom. The molecule has 2 N–H and O–H groups in total. The molecule has 0 amide bonds. The van der Waals surface area contributed by atoms with E-state index in [0.717, 1.165) is 5.69 Å². The fourth-order valence-corrected chi connectivity index (χ4v) is 1.61. The second-order valence-electron chi connectivity index (χ2n) is 3.62. The van der Waals surface area contributed by atoms with E-state index >= 15 is 0 Å². The number of aliphatic hydroxyl groups is 2. The van der Waals surface area contributed by atoms with Gasteiger partial charge in [-0.2, -0.15) is 0 Å². The van der Waals surface area contributed by atoms with Gasteiger partial charge in [0.15, 0.2) is 0 Å². The fourth-order valence-electron chi connectivity index (χ4n) is 1.44. The number of alkyl halides is 1. The zero-order valence-electron chi connectivity index (χ0n) is 8.89. The maximum absolute atomic E-state index is 9.86. The summed E-state index contributed by atoms with van der Waals surface area (Å²) in [6, 6.07) is 7.39. The molecule has 15 heavy (non-hydrogen) atoms. The van der Waals surface area contributed by atoms with Gasteiger partial charge < -0.3 is 15.1 Å². The molecule has 0 saturated heterocycles.